The molecule has 0 bridgehead atoms. The van der Waals surface area contributed by atoms with E-state index < -0.39 is 0 Å². The van der Waals surface area contributed by atoms with Gasteiger partial charge in [-0.2, -0.15) is 0 Å². The monoisotopic (exact) mass is 339 g/mol. The number of nitrogens with zero attached hydrogens (tertiary/aromatic N) is 3. The largest absolute Gasteiger partial charge is 0.420 e. The Labute approximate surface area is 142 Å². The number of aromatic nitrogens is 2. The zero-order valence-corrected chi connectivity index (χ0v) is 13.8. The van der Waals surface area contributed by atoms with Crippen LogP contribution in [0.1, 0.15) is 11.5 Å². The Morgan fingerprint density at radius 1 is 1.00 bits per heavy atom. The number of hydrogen-bond donors (Lipinski definition) is 0. The van der Waals surface area contributed by atoms with E-state index >= 15 is 0 Å². The second kappa shape index (κ2) is 6.60. The molecule has 0 amide bonds. The van der Waals surface area contributed by atoms with Gasteiger partial charge >= 0.3 is 0 Å². The number of benzene rings is 2. The van der Waals surface area contributed by atoms with Gasteiger partial charge in [0.1, 0.15) is 4.38 Å². The molecule has 0 spiro atoms. The molecule has 23 heavy (non-hydrogen) atoms. The third-order valence-electron chi connectivity index (χ3n) is 3.36. The van der Waals surface area contributed by atoms with Gasteiger partial charge in [-0.05, 0) is 23.8 Å². The highest BCUT2D eigenvalue weighted by atomic mass is 32.2. The molecule has 0 N–H and O–H groups in total. The van der Waals surface area contributed by atoms with Crippen molar-refractivity contribution in [2.24, 2.45) is 4.99 Å². The maximum absolute atomic E-state index is 5.72. The van der Waals surface area contributed by atoms with Crippen LogP contribution in [-0.4, -0.2) is 14.6 Å². The van der Waals surface area contributed by atoms with E-state index in [0.29, 0.717) is 17.5 Å². The molecule has 1 aliphatic rings. The molecule has 0 aliphatic carbocycles. The van der Waals surface area contributed by atoms with Crippen LogP contribution in [0.15, 0.2) is 64.0 Å². The molecule has 114 valence electrons. The van der Waals surface area contributed by atoms with Crippen molar-refractivity contribution in [3.63, 3.8) is 0 Å². The summed E-state index contributed by atoms with van der Waals surface area (Å²) in [5.74, 6) is 2.77. The lowest BCUT2D eigenvalue weighted by atomic mass is 10.2. The Bertz CT molecular complexity index is 846. The maximum Gasteiger partial charge on any atom is 0.247 e. The van der Waals surface area contributed by atoms with E-state index in [1.165, 1.54) is 5.56 Å². The highest BCUT2D eigenvalue weighted by Gasteiger charge is 2.14. The van der Waals surface area contributed by atoms with Crippen LogP contribution >= 0.6 is 23.5 Å². The van der Waals surface area contributed by atoms with E-state index in [0.717, 1.165) is 21.4 Å². The van der Waals surface area contributed by atoms with Gasteiger partial charge in [0, 0.05) is 11.3 Å². The first kappa shape index (κ1) is 14.5. The van der Waals surface area contributed by atoms with Crippen molar-refractivity contribution in [2.75, 3.05) is 0 Å². The summed E-state index contributed by atoms with van der Waals surface area (Å²) < 4.78 is 6.77. The number of thioether (sulfide) groups is 2. The minimum absolute atomic E-state index is 0.560. The summed E-state index contributed by atoms with van der Waals surface area (Å²) in [7, 11) is 0. The van der Waals surface area contributed by atoms with Crippen LogP contribution in [-0.2, 0) is 11.5 Å². The molecule has 4 nitrogen and oxygen atoms in total. The molecule has 6 heteroatoms. The summed E-state index contributed by atoms with van der Waals surface area (Å²) in [5.41, 5.74) is 3.28. The highest BCUT2D eigenvalue weighted by molar-refractivity contribution is 8.38. The quantitative estimate of drug-likeness (QED) is 0.679. The Morgan fingerprint density at radius 3 is 2.74 bits per heavy atom. The van der Waals surface area contributed by atoms with Gasteiger partial charge < -0.3 is 4.42 Å². The lowest BCUT2D eigenvalue weighted by Gasteiger charge is -2.13. The second-order valence-electron chi connectivity index (χ2n) is 4.95. The zero-order chi connectivity index (χ0) is 15.5. The van der Waals surface area contributed by atoms with Crippen LogP contribution in [0.25, 0.3) is 11.5 Å². The van der Waals surface area contributed by atoms with Crippen molar-refractivity contribution in [3.8, 4) is 11.5 Å². The fraction of sp³-hybridized carbons (Fsp3) is 0.118. The summed E-state index contributed by atoms with van der Waals surface area (Å²) in [4.78, 5) is 4.68. The van der Waals surface area contributed by atoms with Crippen LogP contribution in [0.5, 0.6) is 0 Å². The molecular formula is C17H13N3OS2. The van der Waals surface area contributed by atoms with E-state index in [9.17, 15) is 0 Å². The lowest BCUT2D eigenvalue weighted by Crippen LogP contribution is -1.96. The number of aliphatic imine (C=N–C) groups is 1. The third kappa shape index (κ3) is 3.33. The normalized spacial score (nSPS) is 13.5. The van der Waals surface area contributed by atoms with Crippen LogP contribution in [0.2, 0.25) is 0 Å². The molecule has 1 aromatic heterocycles. The molecular weight excluding hydrogens is 326 g/mol. The van der Waals surface area contributed by atoms with Crippen LogP contribution in [0.4, 0.5) is 5.69 Å². The SMILES string of the molecule is c1ccc(-c2nnc(CSC3=Nc4ccccc4CS3)o2)cc1. The molecule has 2 aromatic carbocycles. The van der Waals surface area contributed by atoms with Crippen molar-refractivity contribution in [1.82, 2.24) is 10.2 Å². The van der Waals surface area contributed by atoms with Gasteiger partial charge in [-0.1, -0.05) is 59.9 Å². The average Bonchev–Trinajstić information content (AvgIpc) is 3.10. The first-order valence-corrected chi connectivity index (χ1v) is 9.15. The Morgan fingerprint density at radius 2 is 1.83 bits per heavy atom. The Balaban J connectivity index is 1.44. The Kier molecular flexibility index (Phi) is 4.17. The minimum atomic E-state index is 0.560. The minimum Gasteiger partial charge on any atom is -0.420 e. The molecule has 0 saturated heterocycles. The first-order chi connectivity index (χ1) is 11.4. The van der Waals surface area contributed by atoms with Crippen molar-refractivity contribution in [3.05, 3.63) is 66.1 Å². The molecule has 3 aromatic rings. The second-order valence-corrected chi connectivity index (χ2v) is 7.14. The van der Waals surface area contributed by atoms with Gasteiger partial charge in [0.2, 0.25) is 11.8 Å². The van der Waals surface area contributed by atoms with E-state index in [1.54, 1.807) is 23.5 Å². The lowest BCUT2D eigenvalue weighted by molar-refractivity contribution is 0.529. The van der Waals surface area contributed by atoms with Gasteiger partial charge in [-0.25, -0.2) is 4.99 Å². The summed E-state index contributed by atoms with van der Waals surface area (Å²) in [6, 6.07) is 18.0. The summed E-state index contributed by atoms with van der Waals surface area (Å²) in [6.07, 6.45) is 0. The average molecular weight is 339 g/mol. The number of fused-ring (bicyclic) bond motifs is 1. The fourth-order valence-electron chi connectivity index (χ4n) is 2.22. The van der Waals surface area contributed by atoms with Crippen LogP contribution in [0, 0.1) is 0 Å². The molecule has 2 heterocycles. The Hall–Kier alpha value is -2.05. The summed E-state index contributed by atoms with van der Waals surface area (Å²) in [5, 5.41) is 8.23. The molecule has 0 fully saturated rings. The van der Waals surface area contributed by atoms with Crippen LogP contribution < -0.4 is 0 Å². The van der Waals surface area contributed by atoms with Gasteiger partial charge in [0.05, 0.1) is 11.4 Å². The first-order valence-electron chi connectivity index (χ1n) is 7.18. The van der Waals surface area contributed by atoms with E-state index in [2.05, 4.69) is 33.4 Å². The van der Waals surface area contributed by atoms with Crippen molar-refractivity contribution >= 4 is 33.6 Å². The molecule has 0 radical (unpaired) electrons. The van der Waals surface area contributed by atoms with Crippen molar-refractivity contribution in [1.29, 1.82) is 0 Å². The zero-order valence-electron chi connectivity index (χ0n) is 12.2. The van der Waals surface area contributed by atoms with Crippen molar-refractivity contribution in [2.45, 2.75) is 11.5 Å². The smallest absolute Gasteiger partial charge is 0.247 e. The van der Waals surface area contributed by atoms with Gasteiger partial charge in [0.15, 0.2) is 0 Å². The summed E-state index contributed by atoms with van der Waals surface area (Å²) >= 11 is 3.39. The summed E-state index contributed by atoms with van der Waals surface area (Å²) in [6.45, 7) is 0. The molecule has 0 unspecified atom stereocenters. The van der Waals surface area contributed by atoms with E-state index in [-0.39, 0.29) is 0 Å². The van der Waals surface area contributed by atoms with E-state index in [1.807, 2.05) is 36.4 Å². The molecule has 4 rings (SSSR count). The van der Waals surface area contributed by atoms with Gasteiger partial charge in [0.25, 0.3) is 0 Å². The topological polar surface area (TPSA) is 51.3 Å². The van der Waals surface area contributed by atoms with Crippen molar-refractivity contribution < 1.29 is 4.42 Å². The number of rotatable bonds is 3. The van der Waals surface area contributed by atoms with Gasteiger partial charge in [-0.15, -0.1) is 10.2 Å². The molecule has 0 saturated carbocycles. The molecule has 0 atom stereocenters. The third-order valence-corrected chi connectivity index (χ3v) is 5.59. The number of hydrogen-bond acceptors (Lipinski definition) is 6. The molecule has 1 aliphatic heterocycles. The highest BCUT2D eigenvalue weighted by Crippen LogP contribution is 2.35. The predicted octanol–water partition coefficient (Wildman–Crippen LogP) is 4.90. The standard InChI is InChI=1S/C17H13N3OS2/c1-2-6-12(7-3-1)16-20-19-15(21-16)11-23-17-18-14-9-5-4-8-13(14)10-22-17/h1-9H,10-11H2. The fourth-order valence-corrected chi connectivity index (χ4v) is 4.12. The van der Waals surface area contributed by atoms with Gasteiger partial charge in [-0.3, -0.25) is 0 Å². The van der Waals surface area contributed by atoms with Crippen LogP contribution in [0.3, 0.4) is 0 Å². The maximum atomic E-state index is 5.72. The van der Waals surface area contributed by atoms with E-state index in [4.69, 9.17) is 4.42 Å². The number of para-hydroxylation sites is 1. The predicted molar refractivity (Wildman–Crippen MR) is 95.9 cm³/mol.